The molecule has 0 aliphatic rings. The lowest BCUT2D eigenvalue weighted by Crippen LogP contribution is -2.28. The molecule has 0 radical (unpaired) electrons. The highest BCUT2D eigenvalue weighted by atomic mass is 79.9. The zero-order valence-corrected chi connectivity index (χ0v) is 13.8. The van der Waals surface area contributed by atoms with Crippen LogP contribution in [0.15, 0.2) is 44.7 Å². The first-order valence-electron chi connectivity index (χ1n) is 5.50. The average molecular weight is 391 g/mol. The molecule has 2 rings (SSSR count). The Balaban J connectivity index is 2.25. The van der Waals surface area contributed by atoms with Crippen LogP contribution < -0.4 is 10.5 Å². The summed E-state index contributed by atoms with van der Waals surface area (Å²) in [6.07, 6.45) is -0.139. The molecular formula is C13H13Br2NOS. The average Bonchev–Trinajstić information content (AvgIpc) is 2.74. The van der Waals surface area contributed by atoms with Crippen molar-refractivity contribution < 1.29 is 4.74 Å². The lowest BCUT2D eigenvalue weighted by atomic mass is 10.1. The molecule has 1 heterocycles. The lowest BCUT2D eigenvalue weighted by molar-refractivity contribution is 0.183. The van der Waals surface area contributed by atoms with E-state index in [0.717, 1.165) is 18.9 Å². The van der Waals surface area contributed by atoms with E-state index in [1.54, 1.807) is 11.3 Å². The highest BCUT2D eigenvalue weighted by molar-refractivity contribution is 9.11. The molecule has 0 saturated heterocycles. The van der Waals surface area contributed by atoms with Gasteiger partial charge in [-0.2, -0.15) is 0 Å². The van der Waals surface area contributed by atoms with Crippen molar-refractivity contribution in [2.45, 2.75) is 19.1 Å². The van der Waals surface area contributed by atoms with E-state index in [1.165, 1.54) is 0 Å². The molecular weight excluding hydrogens is 378 g/mol. The summed E-state index contributed by atoms with van der Waals surface area (Å²) < 4.78 is 8.04. The molecule has 2 nitrogen and oxygen atoms in total. The maximum atomic E-state index is 6.03. The standard InChI is InChI=1S/C13H13Br2NOS/c1-8(16)13(11-6-7-12(15)18-11)17-10-5-3-2-4-9(10)14/h2-8,13H,16H2,1H3. The van der Waals surface area contributed by atoms with Gasteiger partial charge in [0.05, 0.1) is 8.26 Å². The Morgan fingerprint density at radius 2 is 1.89 bits per heavy atom. The van der Waals surface area contributed by atoms with Crippen molar-refractivity contribution in [2.24, 2.45) is 5.73 Å². The molecule has 18 heavy (non-hydrogen) atoms. The minimum atomic E-state index is -0.139. The molecule has 0 spiro atoms. The van der Waals surface area contributed by atoms with Crippen molar-refractivity contribution in [1.82, 2.24) is 0 Å². The van der Waals surface area contributed by atoms with Crippen molar-refractivity contribution in [3.8, 4) is 5.75 Å². The van der Waals surface area contributed by atoms with Gasteiger partial charge in [0, 0.05) is 10.9 Å². The third kappa shape index (κ3) is 3.35. The summed E-state index contributed by atoms with van der Waals surface area (Å²) in [4.78, 5) is 1.12. The van der Waals surface area contributed by atoms with E-state index in [9.17, 15) is 0 Å². The SMILES string of the molecule is CC(N)C(Oc1ccccc1Br)c1ccc(Br)s1. The summed E-state index contributed by atoms with van der Waals surface area (Å²) in [6.45, 7) is 1.95. The number of benzene rings is 1. The first kappa shape index (κ1) is 14.1. The molecule has 0 saturated carbocycles. The Morgan fingerprint density at radius 1 is 1.17 bits per heavy atom. The van der Waals surface area contributed by atoms with Gasteiger partial charge in [-0.05, 0) is 63.0 Å². The van der Waals surface area contributed by atoms with E-state index >= 15 is 0 Å². The summed E-state index contributed by atoms with van der Waals surface area (Å²) >= 11 is 8.59. The minimum Gasteiger partial charge on any atom is -0.482 e. The largest absolute Gasteiger partial charge is 0.482 e. The number of para-hydroxylation sites is 1. The van der Waals surface area contributed by atoms with Crippen LogP contribution in [0.3, 0.4) is 0 Å². The van der Waals surface area contributed by atoms with E-state index < -0.39 is 0 Å². The quantitative estimate of drug-likeness (QED) is 0.818. The Hall–Kier alpha value is -0.360. The van der Waals surface area contributed by atoms with Crippen LogP contribution in [0.1, 0.15) is 17.9 Å². The molecule has 0 bridgehead atoms. The van der Waals surface area contributed by atoms with Gasteiger partial charge in [-0.1, -0.05) is 12.1 Å². The Kier molecular flexibility index (Phi) is 4.84. The fourth-order valence-corrected chi connectivity index (χ4v) is 3.53. The van der Waals surface area contributed by atoms with Gasteiger partial charge in [0.15, 0.2) is 0 Å². The fourth-order valence-electron chi connectivity index (χ4n) is 1.58. The van der Waals surface area contributed by atoms with Gasteiger partial charge >= 0.3 is 0 Å². The molecule has 2 atom stereocenters. The first-order chi connectivity index (χ1) is 8.58. The number of rotatable bonds is 4. The molecule has 0 fully saturated rings. The van der Waals surface area contributed by atoms with Crippen LogP contribution in [0, 0.1) is 0 Å². The summed E-state index contributed by atoms with van der Waals surface area (Å²) in [6, 6.07) is 11.8. The van der Waals surface area contributed by atoms with Gasteiger partial charge in [-0.3, -0.25) is 0 Å². The van der Waals surface area contributed by atoms with E-state index in [4.69, 9.17) is 10.5 Å². The van der Waals surface area contributed by atoms with Crippen molar-refractivity contribution in [2.75, 3.05) is 0 Å². The smallest absolute Gasteiger partial charge is 0.148 e. The van der Waals surface area contributed by atoms with Crippen molar-refractivity contribution in [1.29, 1.82) is 0 Å². The van der Waals surface area contributed by atoms with Crippen LogP contribution in [0.25, 0.3) is 0 Å². The molecule has 0 aliphatic heterocycles. The molecule has 1 aromatic heterocycles. The minimum absolute atomic E-state index is 0.0809. The number of halogens is 2. The zero-order valence-electron chi connectivity index (χ0n) is 9.77. The van der Waals surface area contributed by atoms with Crippen LogP contribution in [-0.4, -0.2) is 6.04 Å². The van der Waals surface area contributed by atoms with E-state index in [0.29, 0.717) is 0 Å². The maximum absolute atomic E-state index is 6.03. The predicted octanol–water partition coefficient (Wildman–Crippen LogP) is 4.74. The first-order valence-corrected chi connectivity index (χ1v) is 7.90. The highest BCUT2D eigenvalue weighted by Gasteiger charge is 2.20. The lowest BCUT2D eigenvalue weighted by Gasteiger charge is -2.22. The van der Waals surface area contributed by atoms with Gasteiger partial charge in [-0.25, -0.2) is 0 Å². The number of nitrogens with two attached hydrogens (primary N) is 1. The molecule has 5 heteroatoms. The summed E-state index contributed by atoms with van der Waals surface area (Å²) in [5.74, 6) is 0.810. The third-order valence-corrected chi connectivity index (χ3v) is 4.78. The van der Waals surface area contributed by atoms with Crippen LogP contribution in [-0.2, 0) is 0 Å². The number of hydrogen-bond donors (Lipinski definition) is 1. The topological polar surface area (TPSA) is 35.2 Å². The molecule has 1 aromatic carbocycles. The number of hydrogen-bond acceptors (Lipinski definition) is 3. The van der Waals surface area contributed by atoms with Crippen LogP contribution in [0.4, 0.5) is 0 Å². The molecule has 2 unspecified atom stereocenters. The summed E-state index contributed by atoms with van der Waals surface area (Å²) in [5.41, 5.74) is 6.03. The molecule has 0 amide bonds. The van der Waals surface area contributed by atoms with Crippen LogP contribution >= 0.6 is 43.2 Å². The number of ether oxygens (including phenoxy) is 1. The normalized spacial score (nSPS) is 14.2. The Morgan fingerprint density at radius 3 is 2.44 bits per heavy atom. The van der Waals surface area contributed by atoms with Crippen LogP contribution in [0.2, 0.25) is 0 Å². The van der Waals surface area contributed by atoms with E-state index in [-0.39, 0.29) is 12.1 Å². The predicted molar refractivity (Wildman–Crippen MR) is 83.2 cm³/mol. The van der Waals surface area contributed by atoms with Gasteiger partial charge in [-0.15, -0.1) is 11.3 Å². The monoisotopic (exact) mass is 389 g/mol. The molecule has 2 N–H and O–H groups in total. The van der Waals surface area contributed by atoms with Gasteiger partial charge < -0.3 is 10.5 Å². The van der Waals surface area contributed by atoms with Crippen molar-refractivity contribution >= 4 is 43.2 Å². The second kappa shape index (κ2) is 6.19. The molecule has 2 aromatic rings. The Bertz CT molecular complexity index is 527. The van der Waals surface area contributed by atoms with Gasteiger partial charge in [0.2, 0.25) is 0 Å². The van der Waals surface area contributed by atoms with E-state index in [2.05, 4.69) is 31.9 Å². The van der Waals surface area contributed by atoms with Crippen LogP contribution in [0.5, 0.6) is 5.75 Å². The fraction of sp³-hybridized carbons (Fsp3) is 0.231. The number of thiophene rings is 1. The van der Waals surface area contributed by atoms with Crippen molar-refractivity contribution in [3.63, 3.8) is 0 Å². The molecule has 0 aliphatic carbocycles. The van der Waals surface area contributed by atoms with Gasteiger partial charge in [0.1, 0.15) is 11.9 Å². The second-order valence-electron chi connectivity index (χ2n) is 3.97. The third-order valence-electron chi connectivity index (χ3n) is 2.44. The summed E-state index contributed by atoms with van der Waals surface area (Å²) in [5, 5.41) is 0. The molecule has 96 valence electrons. The highest BCUT2D eigenvalue weighted by Crippen LogP contribution is 2.34. The maximum Gasteiger partial charge on any atom is 0.148 e. The van der Waals surface area contributed by atoms with Gasteiger partial charge in [0.25, 0.3) is 0 Å². The zero-order chi connectivity index (χ0) is 13.1. The summed E-state index contributed by atoms with van der Waals surface area (Å²) in [7, 11) is 0. The van der Waals surface area contributed by atoms with E-state index in [1.807, 2.05) is 43.3 Å². The Labute approximate surface area is 127 Å². The van der Waals surface area contributed by atoms with Crippen molar-refractivity contribution in [3.05, 3.63) is 49.5 Å². The second-order valence-corrected chi connectivity index (χ2v) is 7.32.